The SMILES string of the molecule is COc1ccc(C)cc1NC(=O)c1ccc2c(c1)CC(C)N2S(C)(=O)=O. The van der Waals surface area contributed by atoms with Crippen molar-refractivity contribution in [1.82, 2.24) is 0 Å². The molecule has 0 saturated heterocycles. The Morgan fingerprint density at radius 3 is 2.62 bits per heavy atom. The highest BCUT2D eigenvalue weighted by molar-refractivity contribution is 7.92. The number of nitrogens with zero attached hydrogens (tertiary/aromatic N) is 1. The van der Waals surface area contributed by atoms with Crippen molar-refractivity contribution in [2.45, 2.75) is 26.3 Å². The predicted molar refractivity (Wildman–Crippen MR) is 103 cm³/mol. The van der Waals surface area contributed by atoms with E-state index in [1.165, 1.54) is 10.6 Å². The Balaban J connectivity index is 1.90. The maximum absolute atomic E-state index is 12.7. The zero-order valence-corrected chi connectivity index (χ0v) is 16.1. The first kappa shape index (κ1) is 18.3. The zero-order chi connectivity index (χ0) is 19.1. The molecular formula is C19H22N2O4S. The quantitative estimate of drug-likeness (QED) is 0.893. The van der Waals surface area contributed by atoms with E-state index >= 15 is 0 Å². The number of hydrogen-bond acceptors (Lipinski definition) is 4. The van der Waals surface area contributed by atoms with Gasteiger partial charge in [-0.2, -0.15) is 0 Å². The number of sulfonamides is 1. The molecule has 0 aromatic heterocycles. The Hall–Kier alpha value is -2.54. The molecular weight excluding hydrogens is 352 g/mol. The van der Waals surface area contributed by atoms with Crippen LogP contribution < -0.4 is 14.4 Å². The summed E-state index contributed by atoms with van der Waals surface area (Å²) < 4.78 is 30.7. The van der Waals surface area contributed by atoms with Crippen LogP contribution in [-0.2, 0) is 16.4 Å². The number of amides is 1. The number of rotatable bonds is 4. The second-order valence-electron chi connectivity index (χ2n) is 6.61. The molecule has 1 atom stereocenters. The van der Waals surface area contributed by atoms with Gasteiger partial charge in [0.05, 0.1) is 24.7 Å². The largest absolute Gasteiger partial charge is 0.495 e. The number of benzene rings is 2. The molecule has 1 unspecified atom stereocenters. The van der Waals surface area contributed by atoms with Gasteiger partial charge in [-0.05, 0) is 61.7 Å². The van der Waals surface area contributed by atoms with Crippen molar-refractivity contribution < 1.29 is 17.9 Å². The average Bonchev–Trinajstić information content (AvgIpc) is 2.89. The Labute approximate surface area is 153 Å². The standard InChI is InChI=1S/C19H22N2O4S/c1-12-5-8-18(25-3)16(9-12)20-19(22)14-6-7-17-15(11-14)10-13(2)21(17)26(4,23)24/h5-9,11,13H,10H2,1-4H3,(H,20,22). The van der Waals surface area contributed by atoms with Gasteiger partial charge in [0.25, 0.3) is 5.91 Å². The normalized spacial score (nSPS) is 16.3. The Morgan fingerprint density at radius 1 is 1.23 bits per heavy atom. The first-order chi connectivity index (χ1) is 12.2. The molecule has 0 fully saturated rings. The molecule has 0 bridgehead atoms. The highest BCUT2D eigenvalue weighted by Crippen LogP contribution is 2.35. The Kier molecular flexibility index (Phi) is 4.66. The van der Waals surface area contributed by atoms with Gasteiger partial charge in [0, 0.05) is 11.6 Å². The van der Waals surface area contributed by atoms with Crippen molar-refractivity contribution in [3.8, 4) is 5.75 Å². The highest BCUT2D eigenvalue weighted by atomic mass is 32.2. The molecule has 1 heterocycles. The van der Waals surface area contributed by atoms with Crippen molar-refractivity contribution in [2.75, 3.05) is 23.0 Å². The van der Waals surface area contributed by atoms with E-state index in [-0.39, 0.29) is 11.9 Å². The predicted octanol–water partition coefficient (Wildman–Crippen LogP) is 2.97. The first-order valence-electron chi connectivity index (χ1n) is 8.29. The number of methoxy groups -OCH3 is 1. The molecule has 2 aromatic carbocycles. The lowest BCUT2D eigenvalue weighted by Gasteiger charge is -2.21. The van der Waals surface area contributed by atoms with Gasteiger partial charge >= 0.3 is 0 Å². The third kappa shape index (κ3) is 3.39. The molecule has 138 valence electrons. The lowest BCUT2D eigenvalue weighted by Crippen LogP contribution is -2.34. The Morgan fingerprint density at radius 2 is 1.96 bits per heavy atom. The number of fused-ring (bicyclic) bond motifs is 1. The van der Waals surface area contributed by atoms with Gasteiger partial charge in [-0.25, -0.2) is 8.42 Å². The summed E-state index contributed by atoms with van der Waals surface area (Å²) in [6, 6.07) is 10.5. The minimum Gasteiger partial charge on any atom is -0.495 e. The van der Waals surface area contributed by atoms with Crippen LogP contribution in [0.2, 0.25) is 0 Å². The van der Waals surface area contributed by atoms with E-state index in [1.54, 1.807) is 31.4 Å². The maximum atomic E-state index is 12.7. The van der Waals surface area contributed by atoms with E-state index in [1.807, 2.05) is 26.0 Å². The minimum absolute atomic E-state index is 0.157. The lowest BCUT2D eigenvalue weighted by molar-refractivity contribution is 0.102. The summed E-state index contributed by atoms with van der Waals surface area (Å²) in [5.74, 6) is 0.323. The van der Waals surface area contributed by atoms with E-state index in [0.717, 1.165) is 11.1 Å². The van der Waals surface area contributed by atoms with E-state index in [9.17, 15) is 13.2 Å². The summed E-state index contributed by atoms with van der Waals surface area (Å²) in [5.41, 5.74) is 3.59. The van der Waals surface area contributed by atoms with Crippen LogP contribution in [0.1, 0.15) is 28.4 Å². The summed E-state index contributed by atoms with van der Waals surface area (Å²) >= 11 is 0. The van der Waals surface area contributed by atoms with Crippen LogP contribution in [0.25, 0.3) is 0 Å². The molecule has 1 N–H and O–H groups in total. The molecule has 6 nitrogen and oxygen atoms in total. The van der Waals surface area contributed by atoms with Gasteiger partial charge in [0.2, 0.25) is 10.0 Å². The van der Waals surface area contributed by atoms with Gasteiger partial charge in [0.15, 0.2) is 0 Å². The van der Waals surface area contributed by atoms with Gasteiger partial charge < -0.3 is 10.1 Å². The number of aryl methyl sites for hydroxylation is 1. The van der Waals surface area contributed by atoms with Crippen molar-refractivity contribution in [3.63, 3.8) is 0 Å². The van der Waals surface area contributed by atoms with E-state index in [4.69, 9.17) is 4.74 Å². The van der Waals surface area contributed by atoms with Crippen LogP contribution >= 0.6 is 0 Å². The lowest BCUT2D eigenvalue weighted by atomic mass is 10.1. The summed E-state index contributed by atoms with van der Waals surface area (Å²) in [4.78, 5) is 12.7. The molecule has 26 heavy (non-hydrogen) atoms. The topological polar surface area (TPSA) is 75.7 Å². The number of carbonyl (C=O) groups excluding carboxylic acids is 1. The summed E-state index contributed by atoms with van der Waals surface area (Å²) in [6.45, 7) is 3.80. The average molecular weight is 374 g/mol. The highest BCUT2D eigenvalue weighted by Gasteiger charge is 2.32. The Bertz CT molecular complexity index is 969. The fourth-order valence-electron chi connectivity index (χ4n) is 3.36. The molecule has 0 radical (unpaired) electrons. The van der Waals surface area contributed by atoms with Gasteiger partial charge in [-0.1, -0.05) is 6.07 Å². The first-order valence-corrected chi connectivity index (χ1v) is 10.1. The third-order valence-corrected chi connectivity index (χ3v) is 5.73. The van der Waals surface area contributed by atoms with Gasteiger partial charge in [-0.3, -0.25) is 9.10 Å². The fraction of sp³-hybridized carbons (Fsp3) is 0.316. The molecule has 7 heteroatoms. The van der Waals surface area contributed by atoms with Gasteiger partial charge in [0.1, 0.15) is 5.75 Å². The molecule has 0 aliphatic carbocycles. The zero-order valence-electron chi connectivity index (χ0n) is 15.2. The van der Waals surface area contributed by atoms with Crippen LogP contribution in [0.4, 0.5) is 11.4 Å². The molecule has 1 amide bonds. The number of ether oxygens (including phenoxy) is 1. The van der Waals surface area contributed by atoms with Crippen LogP contribution in [0.5, 0.6) is 5.75 Å². The molecule has 0 spiro atoms. The molecule has 1 aliphatic heterocycles. The number of nitrogens with one attached hydrogen (secondary N) is 1. The summed E-state index contributed by atoms with van der Waals surface area (Å²) in [7, 11) is -1.79. The maximum Gasteiger partial charge on any atom is 0.255 e. The minimum atomic E-state index is -3.34. The van der Waals surface area contributed by atoms with Gasteiger partial charge in [-0.15, -0.1) is 0 Å². The number of carbonyl (C=O) groups is 1. The molecule has 3 rings (SSSR count). The van der Waals surface area contributed by atoms with Crippen molar-refractivity contribution >= 4 is 27.3 Å². The number of hydrogen-bond donors (Lipinski definition) is 1. The second kappa shape index (κ2) is 6.64. The van der Waals surface area contributed by atoms with E-state index in [2.05, 4.69) is 5.32 Å². The second-order valence-corrected chi connectivity index (χ2v) is 8.47. The van der Waals surface area contributed by atoms with E-state index in [0.29, 0.717) is 29.1 Å². The van der Waals surface area contributed by atoms with E-state index < -0.39 is 10.0 Å². The van der Waals surface area contributed by atoms with Crippen molar-refractivity contribution in [2.24, 2.45) is 0 Å². The fourth-order valence-corrected chi connectivity index (χ4v) is 4.63. The summed E-state index contributed by atoms with van der Waals surface area (Å²) in [5, 5.41) is 2.87. The smallest absolute Gasteiger partial charge is 0.255 e. The van der Waals surface area contributed by atoms with Crippen LogP contribution in [0.3, 0.4) is 0 Å². The van der Waals surface area contributed by atoms with Crippen LogP contribution in [0.15, 0.2) is 36.4 Å². The van der Waals surface area contributed by atoms with Crippen LogP contribution in [0, 0.1) is 6.92 Å². The monoisotopic (exact) mass is 374 g/mol. The third-order valence-electron chi connectivity index (χ3n) is 4.46. The summed E-state index contributed by atoms with van der Waals surface area (Å²) in [6.07, 6.45) is 1.78. The molecule has 2 aromatic rings. The van der Waals surface area contributed by atoms with Crippen molar-refractivity contribution in [3.05, 3.63) is 53.1 Å². The van der Waals surface area contributed by atoms with Crippen molar-refractivity contribution in [1.29, 1.82) is 0 Å². The van der Waals surface area contributed by atoms with Crippen LogP contribution in [-0.4, -0.2) is 33.7 Å². The number of anilines is 2. The molecule has 1 aliphatic rings. The molecule has 0 saturated carbocycles.